The molecule has 0 bridgehead atoms. The Morgan fingerprint density at radius 2 is 1.91 bits per heavy atom. The van der Waals surface area contributed by atoms with Gasteiger partial charge in [-0.05, 0) is 104 Å². The summed E-state index contributed by atoms with van der Waals surface area (Å²) in [5.74, 6) is 1.18. The third-order valence-corrected chi connectivity index (χ3v) is 10.6. The number of rotatable bonds is 1. The topological polar surface area (TPSA) is 53.4 Å². The molecule has 1 aromatic carbocycles. The van der Waals surface area contributed by atoms with Crippen LogP contribution in [0.1, 0.15) is 70.3 Å². The van der Waals surface area contributed by atoms with E-state index >= 15 is 0 Å². The molecule has 170 valence electrons. The number of hydrogen-bond donors (Lipinski definition) is 2. The van der Waals surface area contributed by atoms with E-state index in [9.17, 15) is 10.2 Å². The van der Waals surface area contributed by atoms with Crippen LogP contribution in [0.4, 0.5) is 0 Å². The Kier molecular flexibility index (Phi) is 4.81. The average molecular weight is 452 g/mol. The number of pyridine rings is 1. The highest BCUT2D eigenvalue weighted by molar-refractivity contribution is 6.25. The van der Waals surface area contributed by atoms with Crippen LogP contribution in [-0.2, 0) is 0 Å². The van der Waals surface area contributed by atoms with E-state index in [4.69, 9.17) is 11.6 Å². The van der Waals surface area contributed by atoms with Crippen molar-refractivity contribution >= 4 is 27.9 Å². The van der Waals surface area contributed by atoms with Crippen molar-refractivity contribution in [2.75, 3.05) is 0 Å². The van der Waals surface area contributed by atoms with Crippen LogP contribution in [-0.4, -0.2) is 31.8 Å². The average Bonchev–Trinajstić information content (AvgIpc) is 3.09. The van der Waals surface area contributed by atoms with Gasteiger partial charge in [0.1, 0.15) is 0 Å². The van der Waals surface area contributed by atoms with E-state index in [-0.39, 0.29) is 17.4 Å². The molecule has 0 amide bonds. The predicted molar refractivity (Wildman–Crippen MR) is 129 cm³/mol. The lowest BCUT2D eigenvalue weighted by molar-refractivity contribution is -0.118. The standard InChI is InChI=1S/C28H34ClNO2/c1-26-11-12-27(29)16-21-15-23(31)5-4-18(21)8-10-28(27,32)25(26)7-6-24(26)20-3-2-19-9-13-30-17-22(19)14-20/h2-3,6,9,13-14,17-18,21,23,25,31-32H,4-5,7-8,10-12,15-16H2,1H3/t18?,21?,23?,25?,26?,27?,28-/m0/s1. The van der Waals surface area contributed by atoms with Crippen LogP contribution in [0.3, 0.4) is 0 Å². The van der Waals surface area contributed by atoms with Gasteiger partial charge in [0.25, 0.3) is 0 Å². The van der Waals surface area contributed by atoms with Crippen LogP contribution >= 0.6 is 11.6 Å². The van der Waals surface area contributed by atoms with E-state index in [1.165, 1.54) is 16.5 Å². The molecule has 0 spiro atoms. The van der Waals surface area contributed by atoms with E-state index in [2.05, 4.69) is 42.2 Å². The fraction of sp³-hybridized carbons (Fsp3) is 0.607. The summed E-state index contributed by atoms with van der Waals surface area (Å²) >= 11 is 7.43. The van der Waals surface area contributed by atoms with Crippen molar-refractivity contribution in [2.45, 2.75) is 81.3 Å². The minimum atomic E-state index is -0.861. The summed E-state index contributed by atoms with van der Waals surface area (Å²) < 4.78 is 0. The first-order valence-corrected chi connectivity index (χ1v) is 12.8. The van der Waals surface area contributed by atoms with E-state index in [1.807, 2.05) is 12.4 Å². The monoisotopic (exact) mass is 451 g/mol. The molecule has 2 N–H and O–H groups in total. The molecule has 7 atom stereocenters. The van der Waals surface area contributed by atoms with Gasteiger partial charge in [-0.1, -0.05) is 25.1 Å². The molecule has 1 heterocycles. The quantitative estimate of drug-likeness (QED) is 0.514. The zero-order valence-corrected chi connectivity index (χ0v) is 19.7. The lowest BCUT2D eigenvalue weighted by Crippen LogP contribution is -2.62. The molecule has 4 aliphatic rings. The van der Waals surface area contributed by atoms with Crippen molar-refractivity contribution in [2.24, 2.45) is 23.2 Å². The second kappa shape index (κ2) is 7.29. The highest BCUT2D eigenvalue weighted by Gasteiger charge is 2.65. The van der Waals surface area contributed by atoms with Gasteiger partial charge in [0.15, 0.2) is 0 Å². The molecule has 3 saturated carbocycles. The summed E-state index contributed by atoms with van der Waals surface area (Å²) in [6.07, 6.45) is 14.2. The van der Waals surface area contributed by atoms with Crippen molar-refractivity contribution in [1.29, 1.82) is 0 Å². The van der Waals surface area contributed by atoms with Crippen molar-refractivity contribution < 1.29 is 10.2 Å². The third kappa shape index (κ3) is 2.97. The van der Waals surface area contributed by atoms with Crippen LogP contribution in [0.5, 0.6) is 0 Å². The third-order valence-electron chi connectivity index (χ3n) is 9.88. The van der Waals surface area contributed by atoms with Crippen molar-refractivity contribution in [3.63, 3.8) is 0 Å². The Labute approximate surface area is 195 Å². The Morgan fingerprint density at radius 3 is 2.78 bits per heavy atom. The number of halogens is 1. The fourth-order valence-corrected chi connectivity index (χ4v) is 8.58. The van der Waals surface area contributed by atoms with Gasteiger partial charge in [0.05, 0.1) is 16.6 Å². The summed E-state index contributed by atoms with van der Waals surface area (Å²) in [5.41, 5.74) is 1.70. The first-order valence-electron chi connectivity index (χ1n) is 12.5. The Morgan fingerprint density at radius 1 is 1.03 bits per heavy atom. The molecular weight excluding hydrogens is 418 g/mol. The number of aliphatic hydroxyl groups is 2. The van der Waals surface area contributed by atoms with Gasteiger partial charge < -0.3 is 10.2 Å². The molecule has 0 radical (unpaired) electrons. The smallest absolute Gasteiger partial charge is 0.0878 e. The van der Waals surface area contributed by atoms with Crippen molar-refractivity contribution in [1.82, 2.24) is 4.98 Å². The van der Waals surface area contributed by atoms with E-state index in [0.717, 1.165) is 63.2 Å². The van der Waals surface area contributed by atoms with Gasteiger partial charge in [0.2, 0.25) is 0 Å². The zero-order chi connectivity index (χ0) is 22.1. The molecule has 6 rings (SSSR count). The highest BCUT2D eigenvalue weighted by Crippen LogP contribution is 2.67. The molecule has 4 heteroatoms. The molecule has 3 nitrogen and oxygen atoms in total. The molecule has 2 aromatic rings. The van der Waals surface area contributed by atoms with Crippen LogP contribution in [0.15, 0.2) is 42.7 Å². The molecule has 0 saturated heterocycles. The number of allylic oxidation sites excluding steroid dienone is 2. The van der Waals surface area contributed by atoms with Gasteiger partial charge in [-0.25, -0.2) is 0 Å². The van der Waals surface area contributed by atoms with Crippen molar-refractivity contribution in [3.8, 4) is 0 Å². The molecule has 4 aliphatic carbocycles. The number of aromatic nitrogens is 1. The maximum atomic E-state index is 12.4. The van der Waals surface area contributed by atoms with Crippen LogP contribution in [0.25, 0.3) is 16.3 Å². The van der Waals surface area contributed by atoms with Crippen LogP contribution in [0.2, 0.25) is 0 Å². The SMILES string of the molecule is CC12CCC3(Cl)CC4CC(O)CCC4CC[C@]3(O)C1CC=C2c1ccc2ccncc2c1. The Hall–Kier alpha value is -1.42. The molecule has 6 unspecified atom stereocenters. The Balaban J connectivity index is 1.35. The normalized spacial score (nSPS) is 43.7. The Bertz CT molecular complexity index is 1080. The van der Waals surface area contributed by atoms with Crippen LogP contribution < -0.4 is 0 Å². The summed E-state index contributed by atoms with van der Waals surface area (Å²) in [6.45, 7) is 2.36. The van der Waals surface area contributed by atoms with Gasteiger partial charge in [0, 0.05) is 23.7 Å². The molecule has 1 aromatic heterocycles. The van der Waals surface area contributed by atoms with Gasteiger partial charge >= 0.3 is 0 Å². The lowest BCUT2D eigenvalue weighted by atomic mass is 9.53. The summed E-state index contributed by atoms with van der Waals surface area (Å²) in [5, 5.41) is 25.0. The number of benzene rings is 1. The predicted octanol–water partition coefficient (Wildman–Crippen LogP) is 6.11. The summed E-state index contributed by atoms with van der Waals surface area (Å²) in [7, 11) is 0. The molecule has 3 fully saturated rings. The summed E-state index contributed by atoms with van der Waals surface area (Å²) in [4.78, 5) is 3.73. The highest BCUT2D eigenvalue weighted by atomic mass is 35.5. The van der Waals surface area contributed by atoms with Gasteiger partial charge in [-0.15, -0.1) is 11.6 Å². The van der Waals surface area contributed by atoms with E-state index < -0.39 is 10.5 Å². The maximum absolute atomic E-state index is 12.4. The lowest BCUT2D eigenvalue weighted by Gasteiger charge is -2.57. The number of nitrogens with zero attached hydrogens (tertiary/aromatic N) is 1. The first kappa shape index (κ1) is 21.1. The second-order valence-corrected chi connectivity index (χ2v) is 12.1. The van der Waals surface area contributed by atoms with Gasteiger partial charge in [-0.3, -0.25) is 4.98 Å². The molecular formula is C28H34ClNO2. The maximum Gasteiger partial charge on any atom is 0.0878 e. The summed E-state index contributed by atoms with van der Waals surface area (Å²) in [6, 6.07) is 8.74. The van der Waals surface area contributed by atoms with Crippen LogP contribution in [0, 0.1) is 23.2 Å². The van der Waals surface area contributed by atoms with E-state index in [1.54, 1.807) is 0 Å². The first-order chi connectivity index (χ1) is 15.3. The minimum Gasteiger partial charge on any atom is -0.393 e. The largest absolute Gasteiger partial charge is 0.393 e. The number of fused-ring (bicyclic) bond motifs is 5. The number of alkyl halides is 1. The molecule has 32 heavy (non-hydrogen) atoms. The minimum absolute atomic E-state index is 0.0714. The van der Waals surface area contributed by atoms with Gasteiger partial charge in [-0.2, -0.15) is 0 Å². The number of hydrogen-bond acceptors (Lipinski definition) is 3. The molecule has 0 aliphatic heterocycles. The fourth-order valence-electron chi connectivity index (χ4n) is 8.06. The zero-order valence-electron chi connectivity index (χ0n) is 18.9. The van der Waals surface area contributed by atoms with E-state index in [0.29, 0.717) is 11.8 Å². The van der Waals surface area contributed by atoms with Crippen molar-refractivity contribution in [3.05, 3.63) is 48.3 Å². The number of aliphatic hydroxyl groups excluding tert-OH is 1. The second-order valence-electron chi connectivity index (χ2n) is 11.4.